The van der Waals surface area contributed by atoms with Crippen LogP contribution < -0.4 is 0 Å². The summed E-state index contributed by atoms with van der Waals surface area (Å²) < 4.78 is 27.3. The van der Waals surface area contributed by atoms with Crippen molar-refractivity contribution in [2.75, 3.05) is 6.54 Å². The lowest BCUT2D eigenvalue weighted by atomic mass is 9.96. The van der Waals surface area contributed by atoms with Crippen LogP contribution in [0.4, 0.5) is 0 Å². The third-order valence-corrected chi connectivity index (χ3v) is 5.43. The maximum absolute atomic E-state index is 12.9. The van der Waals surface area contributed by atoms with Gasteiger partial charge in [0.1, 0.15) is 0 Å². The van der Waals surface area contributed by atoms with Gasteiger partial charge in [0.25, 0.3) is 0 Å². The van der Waals surface area contributed by atoms with Crippen molar-refractivity contribution < 1.29 is 8.42 Å². The minimum atomic E-state index is -3.57. The number of benzene rings is 1. The van der Waals surface area contributed by atoms with Gasteiger partial charge in [-0.05, 0) is 38.5 Å². The van der Waals surface area contributed by atoms with Crippen LogP contribution in [0.1, 0.15) is 19.4 Å². The molecule has 0 saturated carbocycles. The molecule has 3 nitrogen and oxygen atoms in total. The van der Waals surface area contributed by atoms with Crippen LogP contribution in [-0.4, -0.2) is 25.3 Å². The van der Waals surface area contributed by atoms with E-state index in [-0.39, 0.29) is 6.04 Å². The fourth-order valence-electron chi connectivity index (χ4n) is 2.67. The van der Waals surface area contributed by atoms with Gasteiger partial charge in [-0.25, -0.2) is 8.42 Å². The molecule has 0 unspecified atom stereocenters. The van der Waals surface area contributed by atoms with Crippen molar-refractivity contribution in [2.45, 2.75) is 31.7 Å². The van der Waals surface area contributed by atoms with Gasteiger partial charge in [0.2, 0.25) is 10.0 Å². The van der Waals surface area contributed by atoms with Crippen molar-refractivity contribution >= 4 is 10.0 Å². The Morgan fingerprint density at radius 1 is 1.24 bits per heavy atom. The normalized spacial score (nSPS) is 20.2. The predicted molar refractivity (Wildman–Crippen MR) is 86.6 cm³/mol. The molecule has 0 N–H and O–H groups in total. The van der Waals surface area contributed by atoms with Crippen molar-refractivity contribution in [3.63, 3.8) is 0 Å². The van der Waals surface area contributed by atoms with E-state index in [2.05, 4.69) is 13.2 Å². The molecule has 0 bridgehead atoms. The van der Waals surface area contributed by atoms with Gasteiger partial charge in [0.15, 0.2) is 0 Å². The van der Waals surface area contributed by atoms with Crippen LogP contribution in [0.15, 0.2) is 65.1 Å². The van der Waals surface area contributed by atoms with E-state index in [0.717, 1.165) is 22.3 Å². The Labute approximate surface area is 127 Å². The number of aryl methyl sites for hydroxylation is 1. The second-order valence-electron chi connectivity index (χ2n) is 5.66. The quantitative estimate of drug-likeness (QED) is 0.802. The monoisotopic (exact) mass is 303 g/mol. The second kappa shape index (κ2) is 5.62. The van der Waals surface area contributed by atoms with Gasteiger partial charge in [-0.3, -0.25) is 0 Å². The number of hydrogen-bond acceptors (Lipinski definition) is 2. The Bertz CT molecular complexity index is 712. The Morgan fingerprint density at radius 2 is 1.81 bits per heavy atom. The zero-order valence-electron chi connectivity index (χ0n) is 12.8. The largest absolute Gasteiger partial charge is 0.244 e. The highest BCUT2D eigenvalue weighted by atomic mass is 32.2. The molecule has 0 amide bonds. The molecule has 0 spiro atoms. The molecule has 0 radical (unpaired) electrons. The molecule has 1 aromatic carbocycles. The minimum Gasteiger partial charge on any atom is -0.207 e. The van der Waals surface area contributed by atoms with Gasteiger partial charge < -0.3 is 0 Å². The number of rotatable bonds is 3. The van der Waals surface area contributed by atoms with E-state index in [4.69, 9.17) is 0 Å². The first-order chi connectivity index (χ1) is 9.73. The summed E-state index contributed by atoms with van der Waals surface area (Å²) in [6.45, 7) is 13.9. The van der Waals surface area contributed by atoms with Gasteiger partial charge >= 0.3 is 0 Å². The molecular formula is C17H21NO2S. The SMILES string of the molecule is C=C1C=C(C)[C@@H](C(=C)C)N(S(=O)(=O)c2ccc(C)cc2)C1. The molecule has 0 aromatic heterocycles. The summed E-state index contributed by atoms with van der Waals surface area (Å²) in [5.41, 5.74) is 3.59. The van der Waals surface area contributed by atoms with Crippen molar-refractivity contribution in [1.29, 1.82) is 0 Å². The summed E-state index contributed by atoms with van der Waals surface area (Å²) in [5, 5.41) is 0. The molecule has 112 valence electrons. The summed E-state index contributed by atoms with van der Waals surface area (Å²) in [5.74, 6) is 0. The summed E-state index contributed by atoms with van der Waals surface area (Å²) in [7, 11) is -3.57. The molecule has 0 aliphatic carbocycles. The van der Waals surface area contributed by atoms with E-state index in [0.29, 0.717) is 11.4 Å². The van der Waals surface area contributed by atoms with Crippen LogP contribution in [0.3, 0.4) is 0 Å². The molecule has 21 heavy (non-hydrogen) atoms. The van der Waals surface area contributed by atoms with Crippen LogP contribution in [-0.2, 0) is 10.0 Å². The molecule has 1 aliphatic rings. The van der Waals surface area contributed by atoms with Gasteiger partial charge in [0, 0.05) is 6.54 Å². The van der Waals surface area contributed by atoms with Crippen LogP contribution in [0, 0.1) is 6.92 Å². The lowest BCUT2D eigenvalue weighted by molar-refractivity contribution is 0.395. The third kappa shape index (κ3) is 3.01. The number of sulfonamides is 1. The minimum absolute atomic E-state index is 0.297. The van der Waals surface area contributed by atoms with Gasteiger partial charge in [-0.15, -0.1) is 0 Å². The van der Waals surface area contributed by atoms with E-state index in [1.165, 1.54) is 4.31 Å². The zero-order chi connectivity index (χ0) is 15.8. The average Bonchev–Trinajstić information content (AvgIpc) is 2.37. The molecule has 1 aliphatic heterocycles. The van der Waals surface area contributed by atoms with E-state index in [9.17, 15) is 8.42 Å². The molecular weight excluding hydrogens is 282 g/mol. The van der Waals surface area contributed by atoms with Crippen LogP contribution in [0.25, 0.3) is 0 Å². The first kappa shape index (κ1) is 15.7. The predicted octanol–water partition coefficient (Wildman–Crippen LogP) is 3.45. The number of hydrogen-bond donors (Lipinski definition) is 0. The van der Waals surface area contributed by atoms with E-state index >= 15 is 0 Å². The molecule has 1 atom stereocenters. The smallest absolute Gasteiger partial charge is 0.207 e. The third-order valence-electron chi connectivity index (χ3n) is 3.60. The lowest BCUT2D eigenvalue weighted by Crippen LogP contribution is -2.44. The molecule has 0 fully saturated rings. The van der Waals surface area contributed by atoms with Crippen molar-refractivity contribution in [2.24, 2.45) is 0 Å². The zero-order valence-corrected chi connectivity index (χ0v) is 13.6. The molecule has 0 saturated heterocycles. The summed E-state index contributed by atoms with van der Waals surface area (Å²) in [4.78, 5) is 0.307. The Kier molecular flexibility index (Phi) is 4.21. The fourth-order valence-corrected chi connectivity index (χ4v) is 4.38. The van der Waals surface area contributed by atoms with Crippen LogP contribution in [0.2, 0.25) is 0 Å². The second-order valence-corrected chi connectivity index (χ2v) is 7.55. The standard InChI is InChI=1S/C17H21NO2S/c1-12(2)17-15(5)10-14(4)11-18(17)21(19,20)16-8-6-13(3)7-9-16/h6-10,17H,1,4,11H2,2-3,5H3/t17-/m1/s1. The summed E-state index contributed by atoms with van der Waals surface area (Å²) in [6, 6.07) is 6.61. The summed E-state index contributed by atoms with van der Waals surface area (Å²) >= 11 is 0. The average molecular weight is 303 g/mol. The maximum Gasteiger partial charge on any atom is 0.244 e. The van der Waals surface area contributed by atoms with E-state index < -0.39 is 10.0 Å². The molecule has 1 heterocycles. The van der Waals surface area contributed by atoms with Gasteiger partial charge in [-0.2, -0.15) is 4.31 Å². The van der Waals surface area contributed by atoms with Gasteiger partial charge in [0.05, 0.1) is 10.9 Å². The van der Waals surface area contributed by atoms with E-state index in [1.54, 1.807) is 12.1 Å². The molecule has 1 aromatic rings. The Hall–Kier alpha value is -1.65. The highest BCUT2D eigenvalue weighted by molar-refractivity contribution is 7.89. The number of nitrogens with zero attached hydrogens (tertiary/aromatic N) is 1. The summed E-state index contributed by atoms with van der Waals surface area (Å²) in [6.07, 6.45) is 1.94. The highest BCUT2D eigenvalue weighted by Crippen LogP contribution is 2.30. The maximum atomic E-state index is 12.9. The molecule has 2 rings (SSSR count). The lowest BCUT2D eigenvalue weighted by Gasteiger charge is -2.35. The Balaban J connectivity index is 2.51. The van der Waals surface area contributed by atoms with Gasteiger partial charge in [-0.1, -0.05) is 48.1 Å². The molecule has 4 heteroatoms. The van der Waals surface area contributed by atoms with Crippen molar-refractivity contribution in [3.8, 4) is 0 Å². The van der Waals surface area contributed by atoms with Crippen molar-refractivity contribution in [1.82, 2.24) is 4.31 Å². The Morgan fingerprint density at radius 3 is 2.33 bits per heavy atom. The highest BCUT2D eigenvalue weighted by Gasteiger charge is 2.35. The first-order valence-electron chi connectivity index (χ1n) is 6.83. The van der Waals surface area contributed by atoms with E-state index in [1.807, 2.05) is 39.0 Å². The van der Waals surface area contributed by atoms with Crippen LogP contribution in [0.5, 0.6) is 0 Å². The van der Waals surface area contributed by atoms with Crippen LogP contribution >= 0.6 is 0 Å². The fraction of sp³-hybridized carbons (Fsp3) is 0.294. The first-order valence-corrected chi connectivity index (χ1v) is 8.27. The van der Waals surface area contributed by atoms with Crippen molar-refractivity contribution in [3.05, 3.63) is 65.8 Å². The topological polar surface area (TPSA) is 37.4 Å².